The summed E-state index contributed by atoms with van der Waals surface area (Å²) >= 11 is 0. The maximum Gasteiger partial charge on any atom is 0.208 e. The zero-order valence-corrected chi connectivity index (χ0v) is 22.1. The molecule has 1 fully saturated rings. The lowest BCUT2D eigenvalue weighted by Gasteiger charge is -2.31. The fraction of sp³-hybridized carbons (Fsp3) is 0.583. The third-order valence-electron chi connectivity index (χ3n) is 5.72. The maximum atomic E-state index is 5.74. The van der Waals surface area contributed by atoms with Crippen molar-refractivity contribution in [3.63, 3.8) is 0 Å². The van der Waals surface area contributed by atoms with Crippen LogP contribution in [0.3, 0.4) is 0 Å². The van der Waals surface area contributed by atoms with E-state index < -0.39 is 0 Å². The lowest BCUT2D eigenvalue weighted by Crippen LogP contribution is -2.42. The first-order valence-corrected chi connectivity index (χ1v) is 11.5. The lowest BCUT2D eigenvalue weighted by molar-refractivity contribution is 0.164. The first kappa shape index (κ1) is 26.4. The van der Waals surface area contributed by atoms with Crippen LogP contribution in [0.5, 0.6) is 5.75 Å². The zero-order chi connectivity index (χ0) is 22.1. The summed E-state index contributed by atoms with van der Waals surface area (Å²) in [6, 6.07) is 8.11. The number of aromatic nitrogens is 1. The number of oxazole rings is 1. The van der Waals surface area contributed by atoms with Gasteiger partial charge in [-0.2, -0.15) is 0 Å². The van der Waals surface area contributed by atoms with E-state index in [1.165, 1.54) is 0 Å². The molecule has 1 aliphatic heterocycles. The van der Waals surface area contributed by atoms with Gasteiger partial charge in [-0.15, -0.1) is 24.0 Å². The third kappa shape index (κ3) is 7.95. The van der Waals surface area contributed by atoms with Crippen LogP contribution < -0.4 is 15.4 Å². The van der Waals surface area contributed by atoms with Gasteiger partial charge in [0.05, 0.1) is 25.4 Å². The van der Waals surface area contributed by atoms with E-state index in [1.54, 1.807) is 0 Å². The molecule has 2 N–H and O–H groups in total. The summed E-state index contributed by atoms with van der Waals surface area (Å²) in [6.07, 6.45) is 2.33. The van der Waals surface area contributed by atoms with Crippen LogP contribution in [0.15, 0.2) is 33.7 Å². The highest BCUT2D eigenvalue weighted by Gasteiger charge is 2.21. The van der Waals surface area contributed by atoms with Crippen LogP contribution in [-0.2, 0) is 13.1 Å². The molecular weight excluding hydrogens is 517 g/mol. The molecule has 0 aliphatic carbocycles. The first-order valence-electron chi connectivity index (χ1n) is 11.5. The number of benzene rings is 1. The maximum absolute atomic E-state index is 5.74. The Morgan fingerprint density at radius 2 is 1.94 bits per heavy atom. The Hall–Kier alpha value is -1.81. The monoisotopic (exact) mass is 555 g/mol. The van der Waals surface area contributed by atoms with Crippen molar-refractivity contribution in [2.75, 3.05) is 32.8 Å². The van der Waals surface area contributed by atoms with Gasteiger partial charge in [0.2, 0.25) is 5.89 Å². The van der Waals surface area contributed by atoms with Crippen LogP contribution in [0.1, 0.15) is 49.6 Å². The summed E-state index contributed by atoms with van der Waals surface area (Å²) in [5.41, 5.74) is 2.10. The summed E-state index contributed by atoms with van der Waals surface area (Å²) in [5, 5.41) is 6.90. The molecule has 2 heterocycles. The van der Waals surface area contributed by atoms with Crippen LogP contribution >= 0.6 is 24.0 Å². The Morgan fingerprint density at radius 3 is 2.59 bits per heavy atom. The SMILES string of the molecule is CCNC(=NCc1ccccc1OCC)NCC1CCN(Cc2nc(C)c(C)o2)CC1.I. The number of para-hydroxylation sites is 1. The predicted octanol–water partition coefficient (Wildman–Crippen LogP) is 4.28. The number of hydrogen-bond donors (Lipinski definition) is 2. The van der Waals surface area contributed by atoms with E-state index in [0.717, 1.165) is 80.2 Å². The summed E-state index contributed by atoms with van der Waals surface area (Å²) in [4.78, 5) is 11.7. The van der Waals surface area contributed by atoms with Crippen molar-refractivity contribution in [3.8, 4) is 5.75 Å². The van der Waals surface area contributed by atoms with Crippen molar-refractivity contribution in [2.45, 2.75) is 53.6 Å². The fourth-order valence-electron chi connectivity index (χ4n) is 3.82. The van der Waals surface area contributed by atoms with Gasteiger partial charge >= 0.3 is 0 Å². The van der Waals surface area contributed by atoms with E-state index in [0.29, 0.717) is 19.1 Å². The third-order valence-corrected chi connectivity index (χ3v) is 5.72. The molecule has 1 aromatic heterocycles. The van der Waals surface area contributed by atoms with Crippen molar-refractivity contribution >= 4 is 29.9 Å². The van der Waals surface area contributed by atoms with Gasteiger partial charge in [-0.25, -0.2) is 9.98 Å². The molecule has 8 heteroatoms. The van der Waals surface area contributed by atoms with E-state index in [1.807, 2.05) is 39.0 Å². The first-order chi connectivity index (χ1) is 15.1. The largest absolute Gasteiger partial charge is 0.494 e. The van der Waals surface area contributed by atoms with Crippen molar-refractivity contribution in [2.24, 2.45) is 10.9 Å². The minimum atomic E-state index is 0. The molecule has 1 aliphatic rings. The molecule has 1 saturated heterocycles. The Kier molecular flexibility index (Phi) is 11.3. The normalized spacial score (nSPS) is 15.3. The summed E-state index contributed by atoms with van der Waals surface area (Å²) < 4.78 is 11.5. The number of rotatable bonds is 9. The molecule has 3 rings (SSSR count). The van der Waals surface area contributed by atoms with Gasteiger partial charge in [0.15, 0.2) is 5.96 Å². The number of nitrogens with zero attached hydrogens (tertiary/aromatic N) is 3. The van der Waals surface area contributed by atoms with Crippen LogP contribution in [0.4, 0.5) is 0 Å². The molecule has 0 atom stereocenters. The lowest BCUT2D eigenvalue weighted by atomic mass is 9.97. The van der Waals surface area contributed by atoms with Gasteiger partial charge in [-0.05, 0) is 65.6 Å². The number of nitrogens with one attached hydrogen (secondary N) is 2. The number of guanidine groups is 1. The van der Waals surface area contributed by atoms with E-state index in [9.17, 15) is 0 Å². The zero-order valence-electron chi connectivity index (χ0n) is 19.8. The number of ether oxygens (including phenoxy) is 1. The van der Waals surface area contributed by atoms with Crippen LogP contribution in [-0.4, -0.2) is 48.6 Å². The second-order valence-corrected chi connectivity index (χ2v) is 8.09. The van der Waals surface area contributed by atoms with Gasteiger partial charge in [-0.1, -0.05) is 18.2 Å². The minimum Gasteiger partial charge on any atom is -0.494 e. The molecule has 0 saturated carbocycles. The van der Waals surface area contributed by atoms with Crippen molar-refractivity contribution in [1.82, 2.24) is 20.5 Å². The van der Waals surface area contributed by atoms with E-state index in [4.69, 9.17) is 14.1 Å². The van der Waals surface area contributed by atoms with Crippen LogP contribution in [0, 0.1) is 19.8 Å². The number of aryl methyl sites for hydroxylation is 2. The number of likely N-dealkylation sites (tertiary alicyclic amines) is 1. The van der Waals surface area contributed by atoms with E-state index in [-0.39, 0.29) is 24.0 Å². The highest BCUT2D eigenvalue weighted by Crippen LogP contribution is 2.20. The smallest absolute Gasteiger partial charge is 0.208 e. The quantitative estimate of drug-likeness (QED) is 0.274. The number of hydrogen-bond acceptors (Lipinski definition) is 5. The number of piperidine rings is 1. The van der Waals surface area contributed by atoms with Gasteiger partial charge in [0.1, 0.15) is 11.5 Å². The van der Waals surface area contributed by atoms with Crippen LogP contribution in [0.2, 0.25) is 0 Å². The molecule has 0 unspecified atom stereocenters. The van der Waals surface area contributed by atoms with Crippen LogP contribution in [0.25, 0.3) is 0 Å². The molecule has 2 aromatic rings. The Bertz CT molecular complexity index is 827. The molecule has 1 aromatic carbocycles. The highest BCUT2D eigenvalue weighted by molar-refractivity contribution is 14.0. The standard InChI is InChI=1S/C24H37N5O2.HI/c1-5-25-24(27-16-21-9-7-8-10-22(21)30-6-2)26-15-20-11-13-29(14-12-20)17-23-28-18(3)19(4)31-23;/h7-10,20H,5-6,11-17H2,1-4H3,(H2,25,26,27);1H. The molecule has 7 nitrogen and oxygen atoms in total. The number of aliphatic imine (C=N–C) groups is 1. The topological polar surface area (TPSA) is 74.9 Å². The molecule has 178 valence electrons. The fourth-order valence-corrected chi connectivity index (χ4v) is 3.82. The van der Waals surface area contributed by atoms with Gasteiger partial charge in [-0.3, -0.25) is 4.90 Å². The molecule has 0 bridgehead atoms. The average molecular weight is 556 g/mol. The molecule has 32 heavy (non-hydrogen) atoms. The summed E-state index contributed by atoms with van der Waals surface area (Å²) in [5.74, 6) is 4.17. The molecular formula is C24H38IN5O2. The van der Waals surface area contributed by atoms with Crippen molar-refractivity contribution in [1.29, 1.82) is 0 Å². The Morgan fingerprint density at radius 1 is 1.19 bits per heavy atom. The predicted molar refractivity (Wildman–Crippen MR) is 140 cm³/mol. The van der Waals surface area contributed by atoms with E-state index >= 15 is 0 Å². The summed E-state index contributed by atoms with van der Waals surface area (Å²) in [7, 11) is 0. The summed E-state index contributed by atoms with van der Waals surface area (Å²) in [6.45, 7) is 14.0. The highest BCUT2D eigenvalue weighted by atomic mass is 127. The Labute approximate surface area is 209 Å². The second kappa shape index (κ2) is 13.7. The second-order valence-electron chi connectivity index (χ2n) is 8.09. The molecule has 0 radical (unpaired) electrons. The van der Waals surface area contributed by atoms with Gasteiger partial charge in [0.25, 0.3) is 0 Å². The molecule has 0 spiro atoms. The minimum absolute atomic E-state index is 0. The average Bonchev–Trinajstić information content (AvgIpc) is 3.09. The van der Waals surface area contributed by atoms with Gasteiger partial charge < -0.3 is 19.8 Å². The van der Waals surface area contributed by atoms with E-state index in [2.05, 4.69) is 33.5 Å². The Balaban J connectivity index is 0.00000363. The van der Waals surface area contributed by atoms with Crippen molar-refractivity contribution in [3.05, 3.63) is 47.2 Å². The van der Waals surface area contributed by atoms with Gasteiger partial charge in [0, 0.05) is 18.7 Å². The van der Waals surface area contributed by atoms with Crippen molar-refractivity contribution < 1.29 is 9.15 Å². The molecule has 0 amide bonds. The number of halogens is 1.